The van der Waals surface area contributed by atoms with Gasteiger partial charge in [0.05, 0.1) is 24.5 Å². The molecular weight excluding hydrogens is 341 g/mol. The number of halogens is 4. The average molecular weight is 353 g/mol. The average Bonchev–Trinajstić information content (AvgIpc) is 2.41. The Balaban J connectivity index is 2.13. The molecule has 2 rings (SSSR count). The number of amides is 1. The highest BCUT2D eigenvalue weighted by Gasteiger charge is 2.31. The maximum Gasteiger partial charge on any atom is 0.416 e. The van der Waals surface area contributed by atoms with Gasteiger partial charge in [0, 0.05) is 11.0 Å². The Morgan fingerprint density at radius 3 is 2.80 bits per heavy atom. The van der Waals surface area contributed by atoms with Gasteiger partial charge in [-0.15, -0.1) is 0 Å². The third kappa shape index (κ3) is 3.71. The zero-order chi connectivity index (χ0) is 14.8. The van der Waals surface area contributed by atoms with Crippen LogP contribution in [0.25, 0.3) is 0 Å². The molecule has 8 heteroatoms. The van der Waals surface area contributed by atoms with Crippen molar-refractivity contribution in [1.82, 2.24) is 5.32 Å². The highest BCUT2D eigenvalue weighted by Crippen LogP contribution is 2.33. The van der Waals surface area contributed by atoms with Crippen LogP contribution in [-0.2, 0) is 15.7 Å². The lowest BCUT2D eigenvalue weighted by Gasteiger charge is -2.23. The standard InChI is InChI=1S/C12H12BrF3N2O2/c13-8-2-1-7(12(14,15)16)5-9(8)18-11(19)10-6-20-4-3-17-10/h1-2,5,10,17H,3-4,6H2,(H,18,19). The molecule has 0 bridgehead atoms. The van der Waals surface area contributed by atoms with Gasteiger partial charge < -0.3 is 15.4 Å². The van der Waals surface area contributed by atoms with Crippen molar-refractivity contribution in [3.63, 3.8) is 0 Å². The Labute approximate surface area is 121 Å². The molecule has 1 atom stereocenters. The molecule has 1 fully saturated rings. The number of hydrogen-bond acceptors (Lipinski definition) is 3. The summed E-state index contributed by atoms with van der Waals surface area (Å²) >= 11 is 3.12. The summed E-state index contributed by atoms with van der Waals surface area (Å²) in [6.07, 6.45) is -4.45. The number of anilines is 1. The third-order valence-electron chi connectivity index (χ3n) is 2.79. The van der Waals surface area contributed by atoms with Crippen LogP contribution in [0.5, 0.6) is 0 Å². The zero-order valence-electron chi connectivity index (χ0n) is 10.3. The summed E-state index contributed by atoms with van der Waals surface area (Å²) in [7, 11) is 0. The van der Waals surface area contributed by atoms with Crippen LogP contribution in [0.15, 0.2) is 22.7 Å². The maximum absolute atomic E-state index is 12.6. The van der Waals surface area contributed by atoms with Crippen molar-refractivity contribution in [2.75, 3.05) is 25.1 Å². The van der Waals surface area contributed by atoms with E-state index in [1.165, 1.54) is 6.07 Å². The summed E-state index contributed by atoms with van der Waals surface area (Å²) in [5.41, 5.74) is -0.735. The third-order valence-corrected chi connectivity index (χ3v) is 3.48. The van der Waals surface area contributed by atoms with E-state index < -0.39 is 23.7 Å². The van der Waals surface area contributed by atoms with Crippen LogP contribution >= 0.6 is 15.9 Å². The fourth-order valence-electron chi connectivity index (χ4n) is 1.75. The van der Waals surface area contributed by atoms with Gasteiger partial charge in [-0.1, -0.05) is 0 Å². The Hall–Kier alpha value is -1.12. The Morgan fingerprint density at radius 1 is 1.45 bits per heavy atom. The second-order valence-electron chi connectivity index (χ2n) is 4.26. The largest absolute Gasteiger partial charge is 0.416 e. The lowest BCUT2D eigenvalue weighted by molar-refractivity contribution is -0.137. The van der Waals surface area contributed by atoms with Crippen molar-refractivity contribution >= 4 is 27.5 Å². The predicted molar refractivity (Wildman–Crippen MR) is 70.4 cm³/mol. The fourth-order valence-corrected chi connectivity index (χ4v) is 2.10. The van der Waals surface area contributed by atoms with Crippen molar-refractivity contribution in [3.05, 3.63) is 28.2 Å². The van der Waals surface area contributed by atoms with E-state index in [4.69, 9.17) is 4.74 Å². The van der Waals surface area contributed by atoms with E-state index in [9.17, 15) is 18.0 Å². The number of ether oxygens (including phenoxy) is 1. The number of carbonyl (C=O) groups is 1. The van der Waals surface area contributed by atoms with Gasteiger partial charge in [-0.3, -0.25) is 4.79 Å². The fraction of sp³-hybridized carbons (Fsp3) is 0.417. The first kappa shape index (κ1) is 15.3. The lowest BCUT2D eigenvalue weighted by atomic mass is 10.2. The second kappa shape index (κ2) is 6.11. The van der Waals surface area contributed by atoms with E-state index >= 15 is 0 Å². The highest BCUT2D eigenvalue weighted by atomic mass is 79.9. The van der Waals surface area contributed by atoms with Crippen molar-refractivity contribution in [2.45, 2.75) is 12.2 Å². The molecule has 110 valence electrons. The minimum Gasteiger partial charge on any atom is -0.378 e. The van der Waals surface area contributed by atoms with E-state index in [0.29, 0.717) is 17.6 Å². The van der Waals surface area contributed by atoms with Crippen LogP contribution in [0.3, 0.4) is 0 Å². The van der Waals surface area contributed by atoms with Gasteiger partial charge in [-0.2, -0.15) is 13.2 Å². The van der Waals surface area contributed by atoms with Gasteiger partial charge >= 0.3 is 6.18 Å². The van der Waals surface area contributed by atoms with E-state index in [0.717, 1.165) is 12.1 Å². The zero-order valence-corrected chi connectivity index (χ0v) is 11.8. The lowest BCUT2D eigenvalue weighted by Crippen LogP contribution is -2.48. The van der Waals surface area contributed by atoms with Crippen LogP contribution < -0.4 is 10.6 Å². The highest BCUT2D eigenvalue weighted by molar-refractivity contribution is 9.10. The van der Waals surface area contributed by atoms with Crippen LogP contribution in [0.1, 0.15) is 5.56 Å². The number of carbonyl (C=O) groups excluding carboxylic acids is 1. The molecule has 0 aliphatic carbocycles. The van der Waals surface area contributed by atoms with E-state index in [1.807, 2.05) is 0 Å². The smallest absolute Gasteiger partial charge is 0.378 e. The summed E-state index contributed by atoms with van der Waals surface area (Å²) in [6.45, 7) is 1.24. The first-order valence-corrected chi connectivity index (χ1v) is 6.66. The molecule has 0 radical (unpaired) electrons. The molecule has 1 unspecified atom stereocenters. The number of alkyl halides is 3. The Kier molecular flexibility index (Phi) is 4.66. The number of nitrogens with one attached hydrogen (secondary N) is 2. The van der Waals surface area contributed by atoms with Gasteiger partial charge in [0.2, 0.25) is 5.91 Å². The SMILES string of the molecule is O=C(Nc1cc(C(F)(F)F)ccc1Br)C1COCCN1. The molecule has 1 amide bonds. The molecule has 1 aliphatic heterocycles. The molecule has 4 nitrogen and oxygen atoms in total. The number of rotatable bonds is 2. The maximum atomic E-state index is 12.6. The molecule has 0 spiro atoms. The predicted octanol–water partition coefficient (Wildman–Crippen LogP) is 2.39. The Bertz CT molecular complexity index is 502. The van der Waals surface area contributed by atoms with Crippen LogP contribution in [0.2, 0.25) is 0 Å². The quantitative estimate of drug-likeness (QED) is 0.859. The number of hydrogen-bond donors (Lipinski definition) is 2. The monoisotopic (exact) mass is 352 g/mol. The van der Waals surface area contributed by atoms with Crippen molar-refractivity contribution in [1.29, 1.82) is 0 Å². The summed E-state index contributed by atoms with van der Waals surface area (Å²) in [6, 6.07) is 2.53. The van der Waals surface area contributed by atoms with Crippen molar-refractivity contribution in [3.8, 4) is 0 Å². The van der Waals surface area contributed by atoms with Gasteiger partial charge in [-0.05, 0) is 34.1 Å². The first-order chi connectivity index (χ1) is 9.38. The molecule has 1 aromatic carbocycles. The molecule has 1 aliphatic rings. The normalized spacial score (nSPS) is 19.7. The topological polar surface area (TPSA) is 50.4 Å². The Morgan fingerprint density at radius 2 is 2.20 bits per heavy atom. The summed E-state index contributed by atoms with van der Waals surface area (Å²) < 4.78 is 43.4. The van der Waals surface area contributed by atoms with E-state index in [-0.39, 0.29) is 12.3 Å². The molecule has 0 aromatic heterocycles. The van der Waals surface area contributed by atoms with Crippen LogP contribution in [0, 0.1) is 0 Å². The van der Waals surface area contributed by atoms with Crippen molar-refractivity contribution in [2.24, 2.45) is 0 Å². The minimum atomic E-state index is -4.45. The summed E-state index contributed by atoms with van der Waals surface area (Å²) in [5.74, 6) is -0.426. The van der Waals surface area contributed by atoms with Crippen LogP contribution in [0.4, 0.5) is 18.9 Å². The van der Waals surface area contributed by atoms with Gasteiger partial charge in [0.15, 0.2) is 0 Å². The molecule has 0 saturated carbocycles. The number of benzene rings is 1. The van der Waals surface area contributed by atoms with Gasteiger partial charge in [0.25, 0.3) is 0 Å². The summed E-state index contributed by atoms with van der Waals surface area (Å²) in [4.78, 5) is 11.9. The van der Waals surface area contributed by atoms with E-state index in [1.54, 1.807) is 0 Å². The molecule has 1 heterocycles. The molecule has 1 saturated heterocycles. The minimum absolute atomic E-state index is 0.0807. The van der Waals surface area contributed by atoms with Gasteiger partial charge in [0.1, 0.15) is 6.04 Å². The number of morpholine rings is 1. The van der Waals surface area contributed by atoms with Crippen molar-refractivity contribution < 1.29 is 22.7 Å². The molecular formula is C12H12BrF3N2O2. The molecule has 2 N–H and O–H groups in total. The van der Waals surface area contributed by atoms with Gasteiger partial charge in [-0.25, -0.2) is 0 Å². The molecule has 20 heavy (non-hydrogen) atoms. The van der Waals surface area contributed by atoms with E-state index in [2.05, 4.69) is 26.6 Å². The first-order valence-electron chi connectivity index (χ1n) is 5.86. The van der Waals surface area contributed by atoms with Crippen LogP contribution in [-0.4, -0.2) is 31.7 Å². The second-order valence-corrected chi connectivity index (χ2v) is 5.12. The summed E-state index contributed by atoms with van der Waals surface area (Å²) in [5, 5.41) is 5.39. The molecule has 1 aromatic rings.